The molecule has 1 aromatic carbocycles. The Bertz CT molecular complexity index is 1160. The molecule has 0 unspecified atom stereocenters. The van der Waals surface area contributed by atoms with Gasteiger partial charge in [-0.1, -0.05) is 49.0 Å². The molecule has 1 saturated carbocycles. The van der Waals surface area contributed by atoms with Crippen LogP contribution in [0.5, 0.6) is 5.75 Å². The average Bonchev–Trinajstić information content (AvgIpc) is 3.45. The van der Waals surface area contributed by atoms with Crippen molar-refractivity contribution < 1.29 is 14.3 Å². The number of benzene rings is 1. The van der Waals surface area contributed by atoms with Crippen LogP contribution < -0.4 is 10.1 Å². The van der Waals surface area contributed by atoms with Gasteiger partial charge in [-0.25, -0.2) is 4.98 Å². The van der Waals surface area contributed by atoms with Gasteiger partial charge in [0.15, 0.2) is 5.13 Å². The van der Waals surface area contributed by atoms with E-state index in [2.05, 4.69) is 10.3 Å². The van der Waals surface area contributed by atoms with E-state index in [1.165, 1.54) is 48.7 Å². The van der Waals surface area contributed by atoms with Crippen LogP contribution >= 0.6 is 35.3 Å². The molecule has 2 heterocycles. The number of hydrogen-bond acceptors (Lipinski definition) is 7. The van der Waals surface area contributed by atoms with Crippen molar-refractivity contribution >= 4 is 62.7 Å². The fourth-order valence-corrected chi connectivity index (χ4v) is 7.56. The lowest BCUT2D eigenvalue weighted by molar-refractivity contribution is -0.122. The number of thiazole rings is 1. The second kappa shape index (κ2) is 13.2. The maximum absolute atomic E-state index is 13.0. The quantitative estimate of drug-likeness (QED) is 0.186. The highest BCUT2D eigenvalue weighted by Gasteiger charge is 2.31. The van der Waals surface area contributed by atoms with Crippen LogP contribution in [-0.4, -0.2) is 38.7 Å². The number of fused-ring (bicyclic) bond motifs is 1. The molecule has 0 atom stereocenters. The van der Waals surface area contributed by atoms with Crippen LogP contribution in [0.3, 0.4) is 0 Å². The van der Waals surface area contributed by atoms with Gasteiger partial charge in [-0.3, -0.25) is 14.5 Å². The standard InChI is InChI=1S/C29H35N3O3S3/c33-26(31-28-30-23-11-6-7-12-24(23)37-28)13-5-2-8-18-32-27(34)25(38-29(32)36)19-20-14-16-22(17-15-20)35-21-9-3-1-4-10-21/h14-17,19,21H,1-13,18H2,(H,30,31,33)/b25-19-. The molecular weight excluding hydrogens is 535 g/mol. The van der Waals surface area contributed by atoms with E-state index in [0.29, 0.717) is 28.3 Å². The number of carbonyl (C=O) groups excluding carboxylic acids is 2. The Kier molecular flexibility index (Phi) is 9.51. The Morgan fingerprint density at radius 2 is 1.87 bits per heavy atom. The molecule has 1 aromatic heterocycles. The Balaban J connectivity index is 1.03. The van der Waals surface area contributed by atoms with Gasteiger partial charge in [0.2, 0.25) is 5.91 Å². The summed E-state index contributed by atoms with van der Waals surface area (Å²) < 4.78 is 6.71. The molecule has 1 aliphatic heterocycles. The lowest BCUT2D eigenvalue weighted by atomic mass is 9.98. The molecule has 1 N–H and O–H groups in total. The summed E-state index contributed by atoms with van der Waals surface area (Å²) in [5.41, 5.74) is 2.13. The van der Waals surface area contributed by atoms with Crippen LogP contribution in [-0.2, 0) is 22.4 Å². The molecular formula is C29H35N3O3S3. The van der Waals surface area contributed by atoms with E-state index < -0.39 is 0 Å². The first-order valence-corrected chi connectivity index (χ1v) is 15.9. The second-order valence-electron chi connectivity index (χ2n) is 10.2. The Hall–Kier alpha value is -2.23. The summed E-state index contributed by atoms with van der Waals surface area (Å²) in [7, 11) is 0. The molecule has 9 heteroatoms. The van der Waals surface area contributed by atoms with Crippen LogP contribution in [0.2, 0.25) is 0 Å². The van der Waals surface area contributed by atoms with Gasteiger partial charge in [-0.2, -0.15) is 0 Å². The number of rotatable bonds is 10. The summed E-state index contributed by atoms with van der Waals surface area (Å²) in [6, 6.07) is 7.97. The third kappa shape index (κ3) is 7.24. The summed E-state index contributed by atoms with van der Waals surface area (Å²) in [5.74, 6) is 0.869. The van der Waals surface area contributed by atoms with Crippen LogP contribution in [0.25, 0.3) is 6.08 Å². The van der Waals surface area contributed by atoms with Crippen LogP contribution in [0.4, 0.5) is 5.13 Å². The van der Waals surface area contributed by atoms with Crippen LogP contribution in [0.1, 0.15) is 86.8 Å². The van der Waals surface area contributed by atoms with E-state index in [0.717, 1.165) is 67.1 Å². The minimum absolute atomic E-state index is 0.0137. The number of thioether (sulfide) groups is 1. The van der Waals surface area contributed by atoms with Crippen molar-refractivity contribution in [2.24, 2.45) is 0 Å². The smallest absolute Gasteiger partial charge is 0.266 e. The number of unbranched alkanes of at least 4 members (excludes halogenated alkanes) is 2. The Morgan fingerprint density at radius 3 is 2.66 bits per heavy atom. The summed E-state index contributed by atoms with van der Waals surface area (Å²) in [6.07, 6.45) is 15.7. The molecule has 3 aliphatic rings. The van der Waals surface area contributed by atoms with Crippen molar-refractivity contribution in [2.45, 2.75) is 89.6 Å². The van der Waals surface area contributed by atoms with Gasteiger partial charge < -0.3 is 10.1 Å². The first-order valence-electron chi connectivity index (χ1n) is 13.9. The van der Waals surface area contributed by atoms with E-state index in [9.17, 15) is 9.59 Å². The molecule has 1 saturated heterocycles. The number of hydrogen-bond donors (Lipinski definition) is 1. The second-order valence-corrected chi connectivity index (χ2v) is 13.0. The zero-order chi connectivity index (χ0) is 26.3. The summed E-state index contributed by atoms with van der Waals surface area (Å²) in [4.78, 5) is 33.5. The lowest BCUT2D eigenvalue weighted by Crippen LogP contribution is -2.29. The fourth-order valence-electron chi connectivity index (χ4n) is 5.18. The normalized spacial score (nSPS) is 19.2. The third-order valence-corrected chi connectivity index (χ3v) is 9.73. The topological polar surface area (TPSA) is 71.5 Å². The van der Waals surface area contributed by atoms with E-state index >= 15 is 0 Å². The van der Waals surface area contributed by atoms with Gasteiger partial charge in [0, 0.05) is 17.8 Å². The largest absolute Gasteiger partial charge is 0.490 e. The van der Waals surface area contributed by atoms with Crippen molar-refractivity contribution in [1.29, 1.82) is 0 Å². The average molecular weight is 570 g/mol. The predicted molar refractivity (Wildman–Crippen MR) is 160 cm³/mol. The van der Waals surface area contributed by atoms with Crippen LogP contribution in [0, 0.1) is 0 Å². The van der Waals surface area contributed by atoms with Gasteiger partial charge in [0.1, 0.15) is 10.1 Å². The summed E-state index contributed by atoms with van der Waals surface area (Å²) in [5, 5.41) is 3.70. The van der Waals surface area contributed by atoms with E-state index in [4.69, 9.17) is 17.0 Å². The highest BCUT2D eigenvalue weighted by Crippen LogP contribution is 2.33. The third-order valence-electron chi connectivity index (χ3n) is 7.28. The molecule has 2 amide bonds. The fraction of sp³-hybridized carbons (Fsp3) is 0.517. The van der Waals surface area contributed by atoms with Crippen molar-refractivity contribution in [1.82, 2.24) is 9.88 Å². The maximum Gasteiger partial charge on any atom is 0.266 e. The van der Waals surface area contributed by atoms with Crippen LogP contribution in [0.15, 0.2) is 29.2 Å². The van der Waals surface area contributed by atoms with Crippen molar-refractivity contribution in [3.8, 4) is 5.75 Å². The number of aromatic nitrogens is 1. The van der Waals surface area contributed by atoms with Gasteiger partial charge >= 0.3 is 0 Å². The highest BCUT2D eigenvalue weighted by molar-refractivity contribution is 8.26. The first kappa shape index (κ1) is 27.3. The van der Waals surface area contributed by atoms with Gasteiger partial charge in [0.25, 0.3) is 5.91 Å². The molecule has 0 bridgehead atoms. The Labute approximate surface area is 238 Å². The predicted octanol–water partition coefficient (Wildman–Crippen LogP) is 7.13. The molecule has 2 fully saturated rings. The number of nitrogens with one attached hydrogen (secondary N) is 1. The number of anilines is 1. The minimum atomic E-state index is -0.0342. The highest BCUT2D eigenvalue weighted by atomic mass is 32.2. The molecule has 6 nitrogen and oxygen atoms in total. The number of carbonyl (C=O) groups is 2. The summed E-state index contributed by atoms with van der Waals surface area (Å²) in [6.45, 7) is 0.580. The van der Waals surface area contributed by atoms with Gasteiger partial charge in [-0.05, 0) is 88.0 Å². The monoisotopic (exact) mass is 569 g/mol. The SMILES string of the molecule is O=C(CCCCCN1C(=O)/C(=C/c2ccc(OC3CCCCC3)cc2)SC1=S)Nc1nc2c(s1)CCCC2. The van der Waals surface area contributed by atoms with Gasteiger partial charge in [-0.15, -0.1) is 11.3 Å². The number of thiocarbonyl (C=S) groups is 1. The van der Waals surface area contributed by atoms with Crippen molar-refractivity contribution in [3.05, 3.63) is 45.3 Å². The molecule has 5 rings (SSSR count). The van der Waals surface area contributed by atoms with E-state index in [1.807, 2.05) is 30.3 Å². The molecule has 0 radical (unpaired) electrons. The number of ether oxygens (including phenoxy) is 1. The number of amides is 2. The van der Waals surface area contributed by atoms with Crippen molar-refractivity contribution in [2.75, 3.05) is 11.9 Å². The summed E-state index contributed by atoms with van der Waals surface area (Å²) >= 11 is 8.46. The minimum Gasteiger partial charge on any atom is -0.490 e. The molecule has 38 heavy (non-hydrogen) atoms. The van der Waals surface area contributed by atoms with E-state index in [-0.39, 0.29) is 11.8 Å². The number of nitrogens with zero attached hydrogens (tertiary/aromatic N) is 2. The van der Waals surface area contributed by atoms with E-state index in [1.54, 1.807) is 16.2 Å². The molecule has 2 aromatic rings. The zero-order valence-electron chi connectivity index (χ0n) is 21.7. The van der Waals surface area contributed by atoms with Gasteiger partial charge in [0.05, 0.1) is 16.7 Å². The molecule has 0 spiro atoms. The Morgan fingerprint density at radius 1 is 1.08 bits per heavy atom. The maximum atomic E-state index is 13.0. The van der Waals surface area contributed by atoms with Crippen molar-refractivity contribution in [3.63, 3.8) is 0 Å². The molecule has 2 aliphatic carbocycles. The lowest BCUT2D eigenvalue weighted by Gasteiger charge is -2.22. The zero-order valence-corrected chi connectivity index (χ0v) is 24.2. The first-order chi connectivity index (χ1) is 18.5. The number of aryl methyl sites for hydroxylation is 2. The molecule has 202 valence electrons.